The number of hydrogen-bond donors (Lipinski definition) is 0. The predicted molar refractivity (Wildman–Crippen MR) is 56.5 cm³/mol. The van der Waals surface area contributed by atoms with Gasteiger partial charge in [-0.15, -0.1) is 0 Å². The van der Waals surface area contributed by atoms with Crippen molar-refractivity contribution in [2.75, 3.05) is 14.2 Å². The van der Waals surface area contributed by atoms with Gasteiger partial charge >= 0.3 is 5.97 Å². The van der Waals surface area contributed by atoms with Gasteiger partial charge in [0.05, 0.1) is 26.3 Å². The lowest BCUT2D eigenvalue weighted by Crippen LogP contribution is -2.10. The molecule has 1 aromatic rings. The number of pyridine rings is 1. The summed E-state index contributed by atoms with van der Waals surface area (Å²) in [6, 6.07) is 1.07. The van der Waals surface area contributed by atoms with Crippen molar-refractivity contribution in [2.24, 2.45) is 0 Å². The molecule has 0 saturated heterocycles. The molecule has 0 N–H and O–H groups in total. The molecule has 17 heavy (non-hydrogen) atoms. The second-order valence-electron chi connectivity index (χ2n) is 3.07. The van der Waals surface area contributed by atoms with Gasteiger partial charge in [0, 0.05) is 5.56 Å². The molecule has 4 nitrogen and oxygen atoms in total. The molecule has 7 heteroatoms. The Hall–Kier alpha value is -1.43. The number of esters is 1. The van der Waals surface area contributed by atoms with Crippen molar-refractivity contribution in [1.29, 1.82) is 0 Å². The van der Waals surface area contributed by atoms with Crippen LogP contribution in [-0.4, -0.2) is 25.2 Å². The highest BCUT2D eigenvalue weighted by Crippen LogP contribution is 2.30. The van der Waals surface area contributed by atoms with Gasteiger partial charge in [-0.1, -0.05) is 11.6 Å². The van der Waals surface area contributed by atoms with Crippen molar-refractivity contribution in [1.82, 2.24) is 4.98 Å². The number of ether oxygens (including phenoxy) is 2. The first-order valence-electron chi connectivity index (χ1n) is 4.57. The molecule has 0 aliphatic heterocycles. The van der Waals surface area contributed by atoms with Crippen molar-refractivity contribution in [3.05, 3.63) is 22.5 Å². The summed E-state index contributed by atoms with van der Waals surface area (Å²) in [6.07, 6.45) is -3.13. The molecule has 0 unspecified atom stereocenters. The van der Waals surface area contributed by atoms with Crippen LogP contribution in [0.4, 0.5) is 8.78 Å². The fourth-order valence-corrected chi connectivity index (χ4v) is 1.44. The van der Waals surface area contributed by atoms with Crippen LogP contribution in [0.3, 0.4) is 0 Å². The van der Waals surface area contributed by atoms with E-state index in [0.717, 1.165) is 13.2 Å². The first-order chi connectivity index (χ1) is 7.99. The van der Waals surface area contributed by atoms with Crippen molar-refractivity contribution in [3.8, 4) is 5.75 Å². The maximum atomic E-state index is 12.7. The number of halogens is 3. The minimum absolute atomic E-state index is 0.0376. The molecule has 0 aliphatic rings. The Morgan fingerprint density at radius 2 is 2.18 bits per heavy atom. The minimum atomic E-state index is -2.77. The first-order valence-corrected chi connectivity index (χ1v) is 4.95. The van der Waals surface area contributed by atoms with Crippen LogP contribution in [0.2, 0.25) is 5.15 Å². The second-order valence-corrected chi connectivity index (χ2v) is 3.43. The fourth-order valence-electron chi connectivity index (χ4n) is 1.20. The van der Waals surface area contributed by atoms with E-state index >= 15 is 0 Å². The minimum Gasteiger partial charge on any atom is -0.494 e. The first kappa shape index (κ1) is 13.6. The van der Waals surface area contributed by atoms with Gasteiger partial charge in [0.25, 0.3) is 6.43 Å². The molecular formula is C10H10ClF2NO3. The van der Waals surface area contributed by atoms with Gasteiger partial charge in [-0.05, 0) is 6.07 Å². The van der Waals surface area contributed by atoms with Gasteiger partial charge < -0.3 is 9.47 Å². The molecule has 0 saturated carbocycles. The molecule has 0 bridgehead atoms. The fraction of sp³-hybridized carbons (Fsp3) is 0.400. The molecule has 94 valence electrons. The Bertz CT molecular complexity index is 426. The number of methoxy groups -OCH3 is 2. The number of carbonyl (C=O) groups excluding carboxylic acids is 1. The predicted octanol–water partition coefficient (Wildman–Crippen LogP) is 2.40. The number of carbonyl (C=O) groups is 1. The number of aromatic nitrogens is 1. The van der Waals surface area contributed by atoms with Gasteiger partial charge in [-0.3, -0.25) is 4.79 Å². The van der Waals surface area contributed by atoms with E-state index in [2.05, 4.69) is 9.72 Å². The third-order valence-corrected chi connectivity index (χ3v) is 2.32. The summed E-state index contributed by atoms with van der Waals surface area (Å²) in [5, 5.41) is -0.0733. The van der Waals surface area contributed by atoms with E-state index in [4.69, 9.17) is 16.3 Å². The summed E-state index contributed by atoms with van der Waals surface area (Å²) in [4.78, 5) is 14.8. The van der Waals surface area contributed by atoms with E-state index in [0.29, 0.717) is 0 Å². The molecule has 1 rings (SSSR count). The number of rotatable bonds is 4. The molecule has 0 radical (unpaired) electrons. The third-order valence-electron chi connectivity index (χ3n) is 2.05. The maximum Gasteiger partial charge on any atom is 0.311 e. The smallest absolute Gasteiger partial charge is 0.311 e. The molecule has 0 aromatic carbocycles. The van der Waals surface area contributed by atoms with Gasteiger partial charge in [0.15, 0.2) is 10.9 Å². The normalized spacial score (nSPS) is 10.5. The van der Waals surface area contributed by atoms with Gasteiger partial charge in [0.2, 0.25) is 0 Å². The lowest BCUT2D eigenvalue weighted by Gasteiger charge is -2.10. The van der Waals surface area contributed by atoms with E-state index in [1.807, 2.05) is 0 Å². The van der Waals surface area contributed by atoms with E-state index in [1.54, 1.807) is 0 Å². The van der Waals surface area contributed by atoms with Crippen LogP contribution in [0.15, 0.2) is 6.07 Å². The molecule has 1 aromatic heterocycles. The Morgan fingerprint density at radius 3 is 2.65 bits per heavy atom. The second kappa shape index (κ2) is 5.77. The average Bonchev–Trinajstić information content (AvgIpc) is 2.28. The molecule has 0 aliphatic carbocycles. The van der Waals surface area contributed by atoms with E-state index in [1.165, 1.54) is 7.11 Å². The van der Waals surface area contributed by atoms with Crippen LogP contribution < -0.4 is 4.74 Å². The summed E-state index contributed by atoms with van der Waals surface area (Å²) >= 11 is 5.70. The topological polar surface area (TPSA) is 48.4 Å². The molecule has 0 fully saturated rings. The summed E-state index contributed by atoms with van der Waals surface area (Å²) in [7, 11) is 2.45. The van der Waals surface area contributed by atoms with Crippen molar-refractivity contribution >= 4 is 17.6 Å². The van der Waals surface area contributed by atoms with E-state index in [-0.39, 0.29) is 23.0 Å². The Labute approximate surface area is 101 Å². The summed E-state index contributed by atoms with van der Waals surface area (Å²) in [5.41, 5.74) is -0.505. The highest BCUT2D eigenvalue weighted by Gasteiger charge is 2.20. The van der Waals surface area contributed by atoms with Crippen LogP contribution in [0, 0.1) is 0 Å². The highest BCUT2D eigenvalue weighted by molar-refractivity contribution is 6.30. The highest BCUT2D eigenvalue weighted by atomic mass is 35.5. The monoisotopic (exact) mass is 265 g/mol. The van der Waals surface area contributed by atoms with Gasteiger partial charge in [-0.2, -0.15) is 0 Å². The summed E-state index contributed by atoms with van der Waals surface area (Å²) in [6.45, 7) is 0. The number of nitrogens with zero attached hydrogens (tertiary/aromatic N) is 1. The molecule has 1 heterocycles. The number of hydrogen-bond acceptors (Lipinski definition) is 4. The largest absolute Gasteiger partial charge is 0.494 e. The Balaban J connectivity index is 3.18. The summed E-state index contributed by atoms with van der Waals surface area (Å²) in [5.74, 6) is -0.629. The standard InChI is InChI=1S/C10H10ClF2NO3/c1-16-7-3-5(10(12)13)6(14-9(7)11)4-8(15)17-2/h3,10H,4H2,1-2H3. The van der Waals surface area contributed by atoms with Crippen LogP contribution in [0.1, 0.15) is 17.7 Å². The average molecular weight is 266 g/mol. The number of alkyl halides is 2. The third kappa shape index (κ3) is 3.26. The van der Waals surface area contributed by atoms with Crippen molar-refractivity contribution in [2.45, 2.75) is 12.8 Å². The van der Waals surface area contributed by atoms with Crippen molar-refractivity contribution in [3.63, 3.8) is 0 Å². The lowest BCUT2D eigenvalue weighted by molar-refractivity contribution is -0.139. The zero-order valence-corrected chi connectivity index (χ0v) is 9.92. The molecule has 0 amide bonds. The quantitative estimate of drug-likeness (QED) is 0.620. The zero-order chi connectivity index (χ0) is 13.0. The van der Waals surface area contributed by atoms with Crippen LogP contribution in [0.5, 0.6) is 5.75 Å². The lowest BCUT2D eigenvalue weighted by atomic mass is 10.1. The van der Waals surface area contributed by atoms with Crippen molar-refractivity contribution < 1.29 is 23.0 Å². The summed E-state index contributed by atoms with van der Waals surface area (Å²) < 4.78 is 34.6. The van der Waals surface area contributed by atoms with E-state index < -0.39 is 18.0 Å². The van der Waals surface area contributed by atoms with Gasteiger partial charge in [0.1, 0.15) is 0 Å². The SMILES string of the molecule is COC(=O)Cc1nc(Cl)c(OC)cc1C(F)F. The molecule has 0 atom stereocenters. The Morgan fingerprint density at radius 1 is 1.53 bits per heavy atom. The zero-order valence-electron chi connectivity index (χ0n) is 9.17. The van der Waals surface area contributed by atoms with Crippen LogP contribution in [-0.2, 0) is 16.0 Å². The van der Waals surface area contributed by atoms with Crippen LogP contribution >= 0.6 is 11.6 Å². The molecular weight excluding hydrogens is 256 g/mol. The van der Waals surface area contributed by atoms with Crippen LogP contribution in [0.25, 0.3) is 0 Å². The van der Waals surface area contributed by atoms with E-state index in [9.17, 15) is 13.6 Å². The molecule has 0 spiro atoms. The van der Waals surface area contributed by atoms with Gasteiger partial charge in [-0.25, -0.2) is 13.8 Å². The Kier molecular flexibility index (Phi) is 4.62. The maximum absolute atomic E-state index is 12.7.